The van der Waals surface area contributed by atoms with Crippen LogP contribution in [0.15, 0.2) is 34.8 Å². The van der Waals surface area contributed by atoms with Crippen LogP contribution in [0.25, 0.3) is 6.08 Å². The van der Waals surface area contributed by atoms with Gasteiger partial charge in [-0.3, -0.25) is 20.4 Å². The minimum atomic E-state index is -0.624. The molecule has 1 aromatic heterocycles. The van der Waals surface area contributed by atoms with Crippen molar-refractivity contribution in [3.63, 3.8) is 0 Å². The van der Waals surface area contributed by atoms with Crippen molar-refractivity contribution in [1.82, 2.24) is 10.9 Å². The van der Waals surface area contributed by atoms with E-state index in [0.717, 1.165) is 6.08 Å². The summed E-state index contributed by atoms with van der Waals surface area (Å²) < 4.78 is 9.94. The number of nitrogens with one attached hydrogen (secondary N) is 2. The molecule has 7 nitrogen and oxygen atoms in total. The first-order valence-electron chi connectivity index (χ1n) is 7.24. The molecule has 0 bridgehead atoms. The van der Waals surface area contributed by atoms with Gasteiger partial charge in [0, 0.05) is 11.1 Å². The van der Waals surface area contributed by atoms with Gasteiger partial charge in [0.1, 0.15) is 17.1 Å². The van der Waals surface area contributed by atoms with Crippen molar-refractivity contribution in [3.8, 4) is 0 Å². The molecule has 2 amide bonds. The lowest BCUT2D eigenvalue weighted by atomic mass is 10.2. The van der Waals surface area contributed by atoms with E-state index in [0.29, 0.717) is 10.8 Å². The number of ether oxygens (including phenoxy) is 1. The summed E-state index contributed by atoms with van der Waals surface area (Å²) in [5, 5.41) is 0.526. The minimum absolute atomic E-state index is 0.118. The van der Waals surface area contributed by atoms with Gasteiger partial charge < -0.3 is 9.15 Å². The number of hydrazine groups is 1. The third kappa shape index (κ3) is 4.87. The first-order valence-corrected chi connectivity index (χ1v) is 7.99. The molecule has 1 heterocycles. The third-order valence-electron chi connectivity index (χ3n) is 3.21. The molecule has 2 rings (SSSR count). The lowest BCUT2D eigenvalue weighted by molar-refractivity contribution is -0.117. The van der Waals surface area contributed by atoms with Crippen molar-refractivity contribution >= 4 is 47.1 Å². The Morgan fingerprint density at radius 3 is 2.54 bits per heavy atom. The van der Waals surface area contributed by atoms with E-state index in [4.69, 9.17) is 27.6 Å². The topological polar surface area (TPSA) is 97.6 Å². The van der Waals surface area contributed by atoms with Crippen molar-refractivity contribution < 1.29 is 23.5 Å². The number of esters is 1. The molecule has 136 valence electrons. The maximum Gasteiger partial charge on any atom is 0.341 e. The summed E-state index contributed by atoms with van der Waals surface area (Å²) in [5.41, 5.74) is 4.78. The highest BCUT2D eigenvalue weighted by atomic mass is 35.5. The van der Waals surface area contributed by atoms with E-state index >= 15 is 0 Å². The molecule has 0 saturated carbocycles. The number of furan rings is 1. The molecule has 0 fully saturated rings. The second kappa shape index (κ2) is 8.55. The second-order valence-corrected chi connectivity index (χ2v) is 5.85. The van der Waals surface area contributed by atoms with Crippen LogP contribution in [0, 0.1) is 6.92 Å². The van der Waals surface area contributed by atoms with Crippen LogP contribution in [0.2, 0.25) is 10.0 Å². The van der Waals surface area contributed by atoms with Crippen molar-refractivity contribution in [1.29, 1.82) is 0 Å². The fraction of sp³-hybridized carbons (Fsp3) is 0.118. The molecule has 1 aromatic carbocycles. The van der Waals surface area contributed by atoms with E-state index in [-0.39, 0.29) is 21.9 Å². The summed E-state index contributed by atoms with van der Waals surface area (Å²) in [6, 6.07) is 5.82. The average Bonchev–Trinajstić information content (AvgIpc) is 3.00. The molecular weight excluding hydrogens is 383 g/mol. The normalized spacial score (nSPS) is 10.6. The fourth-order valence-corrected chi connectivity index (χ4v) is 2.33. The van der Waals surface area contributed by atoms with Gasteiger partial charge in [0.2, 0.25) is 0 Å². The Hall–Kier alpha value is -2.77. The predicted molar refractivity (Wildman–Crippen MR) is 95.9 cm³/mol. The predicted octanol–water partition coefficient (Wildman–Crippen LogP) is 3.16. The van der Waals surface area contributed by atoms with Gasteiger partial charge in [-0.25, -0.2) is 4.79 Å². The Morgan fingerprint density at radius 2 is 1.85 bits per heavy atom. The van der Waals surface area contributed by atoms with Crippen molar-refractivity contribution in [2.75, 3.05) is 7.11 Å². The lowest BCUT2D eigenvalue weighted by Gasteiger charge is -2.07. The van der Waals surface area contributed by atoms with Crippen molar-refractivity contribution in [2.45, 2.75) is 6.92 Å². The molecular formula is C17H14Cl2N2O5. The molecule has 0 aliphatic carbocycles. The molecule has 2 N–H and O–H groups in total. The fourth-order valence-electron chi connectivity index (χ4n) is 1.96. The number of carbonyl (C=O) groups is 3. The largest absolute Gasteiger partial charge is 0.465 e. The molecule has 2 aromatic rings. The van der Waals surface area contributed by atoms with Crippen LogP contribution in [0.1, 0.15) is 32.2 Å². The SMILES string of the molecule is COC(=O)c1cc(/C=C/C(=O)NNC(=O)c2cc(Cl)ccc2Cl)oc1C. The Kier molecular flexibility index (Phi) is 6.43. The van der Waals surface area contributed by atoms with Gasteiger partial charge in [-0.1, -0.05) is 23.2 Å². The number of methoxy groups -OCH3 is 1. The van der Waals surface area contributed by atoms with Gasteiger partial charge in [0.25, 0.3) is 11.8 Å². The molecule has 0 aliphatic heterocycles. The van der Waals surface area contributed by atoms with E-state index in [1.807, 2.05) is 0 Å². The van der Waals surface area contributed by atoms with Crippen LogP contribution in [-0.2, 0) is 9.53 Å². The van der Waals surface area contributed by atoms with Crippen LogP contribution in [0.4, 0.5) is 0 Å². The highest BCUT2D eigenvalue weighted by Crippen LogP contribution is 2.20. The number of hydrogen-bond donors (Lipinski definition) is 2. The van der Waals surface area contributed by atoms with Crippen LogP contribution < -0.4 is 10.9 Å². The standard InChI is InChI=1S/C17H14Cl2N2O5/c1-9-12(17(24)25-2)8-11(26-9)4-6-15(22)20-21-16(23)13-7-10(18)3-5-14(13)19/h3-8H,1-2H3,(H,20,22)(H,21,23)/b6-4+. The summed E-state index contributed by atoms with van der Waals surface area (Å²) in [6.45, 7) is 1.60. The summed E-state index contributed by atoms with van der Waals surface area (Å²) in [7, 11) is 1.26. The number of rotatable bonds is 4. The van der Waals surface area contributed by atoms with Gasteiger partial charge in [-0.15, -0.1) is 0 Å². The van der Waals surface area contributed by atoms with E-state index in [2.05, 4.69) is 15.6 Å². The van der Waals surface area contributed by atoms with Gasteiger partial charge in [-0.2, -0.15) is 0 Å². The van der Waals surface area contributed by atoms with Gasteiger partial charge >= 0.3 is 5.97 Å². The van der Waals surface area contributed by atoms with Crippen molar-refractivity contribution in [3.05, 3.63) is 63.0 Å². The molecule has 9 heteroatoms. The van der Waals surface area contributed by atoms with E-state index in [1.165, 1.54) is 37.5 Å². The monoisotopic (exact) mass is 396 g/mol. The van der Waals surface area contributed by atoms with Crippen LogP contribution in [0.5, 0.6) is 0 Å². The van der Waals surface area contributed by atoms with Gasteiger partial charge in [-0.05, 0) is 37.3 Å². The molecule has 0 atom stereocenters. The molecule has 0 spiro atoms. The van der Waals surface area contributed by atoms with E-state index < -0.39 is 17.8 Å². The number of carbonyl (C=O) groups excluding carboxylic acids is 3. The second-order valence-electron chi connectivity index (χ2n) is 5.01. The Labute approximate surface area is 158 Å². The van der Waals surface area contributed by atoms with Crippen LogP contribution >= 0.6 is 23.2 Å². The zero-order chi connectivity index (χ0) is 19.3. The summed E-state index contributed by atoms with van der Waals surface area (Å²) in [6.07, 6.45) is 2.46. The summed E-state index contributed by atoms with van der Waals surface area (Å²) >= 11 is 11.7. The quantitative estimate of drug-likeness (QED) is 0.469. The first-order chi connectivity index (χ1) is 12.3. The van der Waals surface area contributed by atoms with Crippen LogP contribution in [0.3, 0.4) is 0 Å². The maximum absolute atomic E-state index is 12.0. The molecule has 0 unspecified atom stereocenters. The van der Waals surface area contributed by atoms with Crippen molar-refractivity contribution in [2.24, 2.45) is 0 Å². The molecule has 0 aliphatic rings. The summed E-state index contributed by atoms with van der Waals surface area (Å²) in [5.74, 6) is -1.14. The van der Waals surface area contributed by atoms with Gasteiger partial charge in [0.05, 0.1) is 17.7 Å². The van der Waals surface area contributed by atoms with E-state index in [1.54, 1.807) is 6.92 Å². The Bertz CT molecular complexity index is 889. The zero-order valence-electron chi connectivity index (χ0n) is 13.8. The number of benzene rings is 1. The smallest absolute Gasteiger partial charge is 0.341 e. The molecule has 0 radical (unpaired) electrons. The van der Waals surface area contributed by atoms with Gasteiger partial charge in [0.15, 0.2) is 0 Å². The maximum atomic E-state index is 12.0. The molecule has 26 heavy (non-hydrogen) atoms. The minimum Gasteiger partial charge on any atom is -0.465 e. The Balaban J connectivity index is 1.96. The Morgan fingerprint density at radius 1 is 1.12 bits per heavy atom. The number of aryl methyl sites for hydroxylation is 1. The third-order valence-corrected chi connectivity index (χ3v) is 3.78. The highest BCUT2D eigenvalue weighted by Gasteiger charge is 2.14. The average molecular weight is 397 g/mol. The number of amides is 2. The number of hydrogen-bond acceptors (Lipinski definition) is 5. The summed E-state index contributed by atoms with van der Waals surface area (Å²) in [4.78, 5) is 35.3. The lowest BCUT2D eigenvalue weighted by Crippen LogP contribution is -2.40. The van der Waals surface area contributed by atoms with Crippen LogP contribution in [-0.4, -0.2) is 24.9 Å². The van der Waals surface area contributed by atoms with E-state index in [9.17, 15) is 14.4 Å². The molecule has 0 saturated heterocycles. The number of halogens is 2. The first kappa shape index (κ1) is 19.6. The zero-order valence-corrected chi connectivity index (χ0v) is 15.3. The highest BCUT2D eigenvalue weighted by molar-refractivity contribution is 6.35.